The van der Waals surface area contributed by atoms with Crippen molar-refractivity contribution in [3.05, 3.63) is 28.8 Å². The number of nitriles is 1. The second-order valence-electron chi connectivity index (χ2n) is 3.12. The Balaban J connectivity index is 2.48. The third-order valence-corrected chi connectivity index (χ3v) is 2.30. The molecule has 0 aliphatic heterocycles. The summed E-state index contributed by atoms with van der Waals surface area (Å²) < 4.78 is 10.6. The highest BCUT2D eigenvalue weighted by Gasteiger charge is 2.06. The molecule has 0 aromatic heterocycles. The quantitative estimate of drug-likeness (QED) is 0.717. The molecule has 3 nitrogen and oxygen atoms in total. The van der Waals surface area contributed by atoms with Crippen LogP contribution in [0.25, 0.3) is 0 Å². The summed E-state index contributed by atoms with van der Waals surface area (Å²) in [6.45, 7) is 3.85. The summed E-state index contributed by atoms with van der Waals surface area (Å²) in [6.07, 6.45) is 0.797. The number of benzene rings is 1. The summed E-state index contributed by atoms with van der Waals surface area (Å²) in [4.78, 5) is 0. The molecule has 0 aliphatic rings. The lowest BCUT2D eigenvalue weighted by Crippen LogP contribution is -2.03. The highest BCUT2D eigenvalue weighted by Crippen LogP contribution is 2.25. The molecule has 0 atom stereocenters. The Kier molecular flexibility index (Phi) is 5.69. The van der Waals surface area contributed by atoms with Crippen molar-refractivity contribution in [2.75, 3.05) is 19.8 Å². The fourth-order valence-electron chi connectivity index (χ4n) is 1.22. The monoisotopic (exact) mass is 239 g/mol. The molecule has 0 spiro atoms. The van der Waals surface area contributed by atoms with E-state index in [1.54, 1.807) is 18.2 Å². The van der Waals surface area contributed by atoms with Crippen molar-refractivity contribution >= 4 is 11.6 Å². The molecule has 16 heavy (non-hydrogen) atoms. The Morgan fingerprint density at radius 2 is 2.19 bits per heavy atom. The van der Waals surface area contributed by atoms with Gasteiger partial charge >= 0.3 is 0 Å². The highest BCUT2D eigenvalue weighted by molar-refractivity contribution is 6.31. The normalized spacial score (nSPS) is 9.81. The summed E-state index contributed by atoms with van der Waals surface area (Å²) in [5, 5.41) is 9.32. The van der Waals surface area contributed by atoms with E-state index >= 15 is 0 Å². The van der Waals surface area contributed by atoms with Gasteiger partial charge < -0.3 is 9.47 Å². The standard InChI is InChI=1S/C12H14ClNO2/c1-2-15-7-4-8-16-12-6-3-5-11(13)10(12)9-14/h3,5-6H,2,4,7-8H2,1H3. The van der Waals surface area contributed by atoms with Crippen LogP contribution in [0.3, 0.4) is 0 Å². The molecule has 0 saturated carbocycles. The average Bonchev–Trinajstić information content (AvgIpc) is 2.29. The van der Waals surface area contributed by atoms with E-state index in [1.807, 2.05) is 13.0 Å². The molecule has 0 radical (unpaired) electrons. The van der Waals surface area contributed by atoms with E-state index in [9.17, 15) is 0 Å². The van der Waals surface area contributed by atoms with E-state index in [0.29, 0.717) is 36.2 Å². The van der Waals surface area contributed by atoms with Gasteiger partial charge in [0.15, 0.2) is 0 Å². The van der Waals surface area contributed by atoms with Gasteiger partial charge in [0.1, 0.15) is 17.4 Å². The fraction of sp³-hybridized carbons (Fsp3) is 0.417. The summed E-state index contributed by atoms with van der Waals surface area (Å²) in [6, 6.07) is 7.21. The van der Waals surface area contributed by atoms with Gasteiger partial charge in [-0.2, -0.15) is 5.26 Å². The topological polar surface area (TPSA) is 42.2 Å². The van der Waals surface area contributed by atoms with Gasteiger partial charge in [0, 0.05) is 19.6 Å². The van der Waals surface area contributed by atoms with Crippen LogP contribution in [0.5, 0.6) is 5.75 Å². The largest absolute Gasteiger partial charge is 0.492 e. The number of nitrogens with zero attached hydrogens (tertiary/aromatic N) is 1. The van der Waals surface area contributed by atoms with Gasteiger partial charge in [-0.25, -0.2) is 0 Å². The van der Waals surface area contributed by atoms with E-state index in [0.717, 1.165) is 6.42 Å². The number of halogens is 1. The first-order chi connectivity index (χ1) is 7.79. The molecule has 0 aliphatic carbocycles. The summed E-state index contributed by atoms with van der Waals surface area (Å²) in [5.41, 5.74) is 0.389. The molecule has 4 heteroatoms. The van der Waals surface area contributed by atoms with Gasteiger partial charge in [0.25, 0.3) is 0 Å². The first kappa shape index (κ1) is 12.8. The Morgan fingerprint density at radius 3 is 2.88 bits per heavy atom. The molecule has 0 fully saturated rings. The molecule has 0 saturated heterocycles. The van der Waals surface area contributed by atoms with Gasteiger partial charge in [0.2, 0.25) is 0 Å². The Bertz CT molecular complexity index is 374. The number of hydrogen-bond acceptors (Lipinski definition) is 3. The first-order valence-electron chi connectivity index (χ1n) is 5.18. The zero-order valence-electron chi connectivity index (χ0n) is 9.20. The van der Waals surface area contributed by atoms with Gasteiger partial charge in [-0.05, 0) is 19.1 Å². The van der Waals surface area contributed by atoms with E-state index in [4.69, 9.17) is 26.3 Å². The zero-order chi connectivity index (χ0) is 11.8. The minimum absolute atomic E-state index is 0.389. The molecular weight excluding hydrogens is 226 g/mol. The Morgan fingerprint density at radius 1 is 1.38 bits per heavy atom. The highest BCUT2D eigenvalue weighted by atomic mass is 35.5. The lowest BCUT2D eigenvalue weighted by Gasteiger charge is -2.08. The minimum atomic E-state index is 0.389. The van der Waals surface area contributed by atoms with E-state index in [2.05, 4.69) is 0 Å². The lowest BCUT2D eigenvalue weighted by atomic mass is 10.2. The van der Waals surface area contributed by atoms with Crippen LogP contribution in [0.4, 0.5) is 0 Å². The maximum Gasteiger partial charge on any atom is 0.138 e. The van der Waals surface area contributed by atoms with Crippen molar-refractivity contribution < 1.29 is 9.47 Å². The maximum absolute atomic E-state index is 8.90. The third-order valence-electron chi connectivity index (χ3n) is 1.98. The Labute approximate surface area is 101 Å². The molecule has 1 rings (SSSR count). The third kappa shape index (κ3) is 3.73. The van der Waals surface area contributed by atoms with Crippen LogP contribution in [0, 0.1) is 11.3 Å². The summed E-state index contributed by atoms with van der Waals surface area (Å²) >= 11 is 5.86. The molecule has 0 bridgehead atoms. The molecular formula is C12H14ClNO2. The van der Waals surface area contributed by atoms with Crippen LogP contribution in [0.15, 0.2) is 18.2 Å². The second-order valence-corrected chi connectivity index (χ2v) is 3.53. The van der Waals surface area contributed by atoms with Crippen LogP contribution in [0.1, 0.15) is 18.9 Å². The predicted molar refractivity (Wildman–Crippen MR) is 62.8 cm³/mol. The van der Waals surface area contributed by atoms with Crippen molar-refractivity contribution in [3.8, 4) is 11.8 Å². The van der Waals surface area contributed by atoms with Gasteiger partial charge in [-0.1, -0.05) is 17.7 Å². The second kappa shape index (κ2) is 7.10. The summed E-state index contributed by atoms with van der Waals surface area (Å²) in [5.74, 6) is 0.534. The molecule has 0 N–H and O–H groups in total. The smallest absolute Gasteiger partial charge is 0.138 e. The van der Waals surface area contributed by atoms with Gasteiger partial charge in [-0.15, -0.1) is 0 Å². The van der Waals surface area contributed by atoms with Crippen LogP contribution in [-0.4, -0.2) is 19.8 Å². The predicted octanol–water partition coefficient (Wildman–Crippen LogP) is 3.02. The first-order valence-corrected chi connectivity index (χ1v) is 5.56. The van der Waals surface area contributed by atoms with E-state index in [1.165, 1.54) is 0 Å². The number of ether oxygens (including phenoxy) is 2. The average molecular weight is 240 g/mol. The van der Waals surface area contributed by atoms with Crippen molar-refractivity contribution in [2.24, 2.45) is 0 Å². The minimum Gasteiger partial charge on any atom is -0.492 e. The molecule has 86 valence electrons. The molecule has 1 aromatic carbocycles. The number of rotatable bonds is 6. The zero-order valence-corrected chi connectivity index (χ0v) is 9.96. The molecule has 1 aromatic rings. The molecule has 0 amide bonds. The fourth-order valence-corrected chi connectivity index (χ4v) is 1.43. The van der Waals surface area contributed by atoms with Crippen LogP contribution in [0.2, 0.25) is 5.02 Å². The van der Waals surface area contributed by atoms with Crippen LogP contribution in [-0.2, 0) is 4.74 Å². The maximum atomic E-state index is 8.90. The number of hydrogen-bond donors (Lipinski definition) is 0. The van der Waals surface area contributed by atoms with E-state index in [-0.39, 0.29) is 0 Å². The van der Waals surface area contributed by atoms with E-state index < -0.39 is 0 Å². The van der Waals surface area contributed by atoms with Crippen molar-refractivity contribution in [1.29, 1.82) is 5.26 Å². The Hall–Kier alpha value is -1.24. The van der Waals surface area contributed by atoms with Gasteiger partial charge in [0.05, 0.1) is 11.6 Å². The van der Waals surface area contributed by atoms with Crippen LogP contribution < -0.4 is 4.74 Å². The van der Waals surface area contributed by atoms with Gasteiger partial charge in [-0.3, -0.25) is 0 Å². The van der Waals surface area contributed by atoms with Crippen molar-refractivity contribution in [2.45, 2.75) is 13.3 Å². The van der Waals surface area contributed by atoms with Crippen molar-refractivity contribution in [3.63, 3.8) is 0 Å². The molecule has 0 heterocycles. The van der Waals surface area contributed by atoms with Crippen LogP contribution >= 0.6 is 11.6 Å². The lowest BCUT2D eigenvalue weighted by molar-refractivity contribution is 0.131. The SMILES string of the molecule is CCOCCCOc1cccc(Cl)c1C#N. The van der Waals surface area contributed by atoms with Crippen molar-refractivity contribution in [1.82, 2.24) is 0 Å². The molecule has 0 unspecified atom stereocenters. The summed E-state index contributed by atoms with van der Waals surface area (Å²) in [7, 11) is 0.